The van der Waals surface area contributed by atoms with Gasteiger partial charge in [-0.2, -0.15) is 4.98 Å². The summed E-state index contributed by atoms with van der Waals surface area (Å²) >= 11 is 6.82. The Bertz CT molecular complexity index is 1630. The van der Waals surface area contributed by atoms with Crippen LogP contribution in [0.3, 0.4) is 0 Å². The first-order chi connectivity index (χ1) is 20.2. The van der Waals surface area contributed by atoms with E-state index in [9.17, 15) is 14.0 Å². The van der Waals surface area contributed by atoms with Crippen molar-refractivity contribution in [2.24, 2.45) is 0 Å². The number of hydrogen-bond acceptors (Lipinski definition) is 7. The van der Waals surface area contributed by atoms with Crippen LogP contribution in [0.15, 0.2) is 41.7 Å². The van der Waals surface area contributed by atoms with Gasteiger partial charge in [0, 0.05) is 54.3 Å². The highest BCUT2D eigenvalue weighted by Crippen LogP contribution is 2.47. The van der Waals surface area contributed by atoms with Crippen LogP contribution in [0.1, 0.15) is 26.3 Å². The second kappa shape index (κ2) is 11.3. The van der Waals surface area contributed by atoms with E-state index >= 15 is 4.39 Å². The molecular weight excluding hydrogens is 568 g/mol. The molecule has 1 N–H and O–H groups in total. The van der Waals surface area contributed by atoms with E-state index in [1.54, 1.807) is 15.5 Å². The molecule has 4 atom stereocenters. The smallest absolute Gasteiger partial charge is 0.350 e. The van der Waals surface area contributed by atoms with Crippen molar-refractivity contribution in [3.63, 3.8) is 0 Å². The van der Waals surface area contributed by atoms with E-state index in [0.717, 1.165) is 31.6 Å². The van der Waals surface area contributed by atoms with Crippen LogP contribution in [0, 0.1) is 11.6 Å². The summed E-state index contributed by atoms with van der Waals surface area (Å²) in [7, 11) is 0. The number of nitrogens with zero attached hydrogens (tertiary/aromatic N) is 4. The van der Waals surface area contributed by atoms with Gasteiger partial charge in [0.1, 0.15) is 24.1 Å². The first-order valence-corrected chi connectivity index (χ1v) is 14.4. The quantitative estimate of drug-likeness (QED) is 0.430. The van der Waals surface area contributed by atoms with Gasteiger partial charge in [0.2, 0.25) is 5.91 Å². The maximum atomic E-state index is 15.1. The minimum Gasteiger partial charge on any atom is -0.488 e. The fraction of sp³-hybridized carbons (Fsp3) is 0.433. The van der Waals surface area contributed by atoms with Gasteiger partial charge in [0.15, 0.2) is 5.75 Å². The van der Waals surface area contributed by atoms with Crippen molar-refractivity contribution in [3.05, 3.63) is 64.1 Å². The lowest BCUT2D eigenvalue weighted by molar-refractivity contribution is -0.128. The molecule has 0 radical (unpaired) electrons. The molecule has 3 aliphatic heterocycles. The molecule has 9 nitrogen and oxygen atoms in total. The molecule has 6 rings (SSSR count). The summed E-state index contributed by atoms with van der Waals surface area (Å²) in [6.45, 7) is 10.2. The highest BCUT2D eigenvalue weighted by Gasteiger charge is 2.36. The minimum absolute atomic E-state index is 0.0239. The van der Waals surface area contributed by atoms with Crippen molar-refractivity contribution < 1.29 is 23.0 Å². The SMILES string of the molecule is C=CC(=O)N1C[C@H](C)N(c2nc(=O)n3c4c(c(-c5ccc(F)cc5F)c(Cl)cc24)OC[C@@H]3CO[C@@H]2CCNC2)C[C@H]1C. The van der Waals surface area contributed by atoms with Crippen molar-refractivity contribution >= 4 is 34.2 Å². The first kappa shape index (κ1) is 28.6. The Kier molecular flexibility index (Phi) is 7.67. The number of anilines is 1. The summed E-state index contributed by atoms with van der Waals surface area (Å²) in [5.41, 5.74) is 0.203. The van der Waals surface area contributed by atoms with Gasteiger partial charge in [-0.3, -0.25) is 9.36 Å². The molecule has 0 aliphatic carbocycles. The van der Waals surface area contributed by atoms with Crippen LogP contribution >= 0.6 is 11.6 Å². The minimum atomic E-state index is -0.802. The summed E-state index contributed by atoms with van der Waals surface area (Å²) in [5, 5.41) is 3.99. The third-order valence-corrected chi connectivity index (χ3v) is 8.64. The van der Waals surface area contributed by atoms with E-state index in [0.29, 0.717) is 29.8 Å². The first-order valence-electron chi connectivity index (χ1n) is 14.1. The average Bonchev–Trinajstić information content (AvgIpc) is 3.49. The van der Waals surface area contributed by atoms with E-state index in [4.69, 9.17) is 21.1 Å². The molecule has 12 heteroatoms. The number of ether oxygens (including phenoxy) is 2. The molecule has 2 fully saturated rings. The number of amides is 1. The van der Waals surface area contributed by atoms with Crippen LogP contribution < -0.4 is 20.6 Å². The zero-order valence-electron chi connectivity index (χ0n) is 23.4. The molecule has 0 spiro atoms. The van der Waals surface area contributed by atoms with Crippen LogP contribution in [0.25, 0.3) is 22.0 Å². The van der Waals surface area contributed by atoms with Crippen molar-refractivity contribution in [2.45, 2.75) is 44.5 Å². The highest BCUT2D eigenvalue weighted by atomic mass is 35.5. The van der Waals surface area contributed by atoms with Gasteiger partial charge < -0.3 is 24.6 Å². The Morgan fingerprint density at radius 2 is 2.07 bits per heavy atom. The zero-order chi connectivity index (χ0) is 29.7. The van der Waals surface area contributed by atoms with Gasteiger partial charge in [0.25, 0.3) is 0 Å². The molecule has 42 heavy (non-hydrogen) atoms. The number of halogens is 3. The third kappa shape index (κ3) is 4.93. The number of nitrogens with one attached hydrogen (secondary N) is 1. The van der Waals surface area contributed by atoms with Crippen LogP contribution in [0.4, 0.5) is 14.6 Å². The lowest BCUT2D eigenvalue weighted by Gasteiger charge is -2.45. The fourth-order valence-corrected chi connectivity index (χ4v) is 6.50. The van der Waals surface area contributed by atoms with Crippen molar-refractivity contribution in [3.8, 4) is 16.9 Å². The maximum Gasteiger partial charge on any atom is 0.350 e. The Balaban J connectivity index is 1.52. The van der Waals surface area contributed by atoms with Crippen LogP contribution in [-0.4, -0.2) is 77.9 Å². The lowest BCUT2D eigenvalue weighted by atomic mass is 9.99. The number of hydrogen-bond donors (Lipinski definition) is 1. The average molecular weight is 600 g/mol. The van der Waals surface area contributed by atoms with E-state index in [1.165, 1.54) is 12.1 Å². The van der Waals surface area contributed by atoms with Gasteiger partial charge in [-0.1, -0.05) is 18.2 Å². The van der Waals surface area contributed by atoms with E-state index < -0.39 is 23.4 Å². The molecule has 3 aromatic rings. The molecule has 0 unspecified atom stereocenters. The topological polar surface area (TPSA) is 88.9 Å². The molecule has 0 bridgehead atoms. The second-order valence-corrected chi connectivity index (χ2v) is 11.5. The van der Waals surface area contributed by atoms with Crippen LogP contribution in [-0.2, 0) is 9.53 Å². The number of benzene rings is 2. The number of aromatic nitrogens is 2. The van der Waals surface area contributed by atoms with Crippen LogP contribution in [0.2, 0.25) is 5.02 Å². The number of carbonyl (C=O) groups excluding carboxylic acids is 1. The molecule has 3 aliphatic rings. The molecule has 1 aromatic heterocycles. The van der Waals surface area contributed by atoms with Crippen LogP contribution in [0.5, 0.6) is 5.75 Å². The van der Waals surface area contributed by atoms with E-state index in [2.05, 4.69) is 16.9 Å². The van der Waals surface area contributed by atoms with Gasteiger partial charge in [-0.15, -0.1) is 0 Å². The molecule has 1 amide bonds. The summed E-state index contributed by atoms with van der Waals surface area (Å²) in [6, 6.07) is 4.05. The summed E-state index contributed by atoms with van der Waals surface area (Å²) in [5.74, 6) is -1.06. The Morgan fingerprint density at radius 1 is 1.26 bits per heavy atom. The second-order valence-electron chi connectivity index (χ2n) is 11.1. The lowest BCUT2D eigenvalue weighted by Crippen LogP contribution is -2.58. The Labute approximate surface area is 246 Å². The predicted octanol–water partition coefficient (Wildman–Crippen LogP) is 3.92. The molecule has 222 valence electrons. The molecule has 0 saturated carbocycles. The molecule has 4 heterocycles. The number of rotatable bonds is 6. The molecule has 2 saturated heterocycles. The summed E-state index contributed by atoms with van der Waals surface area (Å²) in [4.78, 5) is 34.6. The molecule has 2 aromatic carbocycles. The van der Waals surface area contributed by atoms with E-state index in [1.807, 2.05) is 18.7 Å². The normalized spacial score (nSPS) is 23.7. The van der Waals surface area contributed by atoms with Crippen molar-refractivity contribution in [1.82, 2.24) is 19.8 Å². The van der Waals surface area contributed by atoms with E-state index in [-0.39, 0.29) is 59.2 Å². The number of piperazine rings is 1. The molecular formula is C30H32ClF2N5O4. The predicted molar refractivity (Wildman–Crippen MR) is 156 cm³/mol. The zero-order valence-corrected chi connectivity index (χ0v) is 24.2. The fourth-order valence-electron chi connectivity index (χ4n) is 6.21. The largest absolute Gasteiger partial charge is 0.488 e. The van der Waals surface area contributed by atoms with Gasteiger partial charge >= 0.3 is 5.69 Å². The third-order valence-electron chi connectivity index (χ3n) is 8.34. The standard InChI is InChI=1S/C30H32ClF2N5O4/c1-4-25(39)36-12-17(3)37(13-16(36)2)29-22-10-23(31)26(21-6-5-18(32)9-24(21)33)28-27(22)38(30(40)35-29)19(15-42-28)14-41-20-7-8-34-11-20/h4-6,9-10,16-17,19-20,34H,1,7-8,11-15H2,2-3H3/t16-,17+,19+,20-/m1/s1. The van der Waals surface area contributed by atoms with Crippen molar-refractivity contribution in [1.29, 1.82) is 0 Å². The van der Waals surface area contributed by atoms with Gasteiger partial charge in [-0.25, -0.2) is 13.6 Å². The monoisotopic (exact) mass is 599 g/mol. The van der Waals surface area contributed by atoms with Gasteiger partial charge in [0.05, 0.1) is 29.3 Å². The Morgan fingerprint density at radius 3 is 2.79 bits per heavy atom. The van der Waals surface area contributed by atoms with Crippen molar-refractivity contribution in [2.75, 3.05) is 44.3 Å². The van der Waals surface area contributed by atoms with Gasteiger partial charge in [-0.05, 0) is 51.1 Å². The summed E-state index contributed by atoms with van der Waals surface area (Å²) in [6.07, 6.45) is 2.19. The summed E-state index contributed by atoms with van der Waals surface area (Å²) < 4.78 is 42.8. The maximum absolute atomic E-state index is 15.1. The Hall–Kier alpha value is -3.54. The number of carbonyl (C=O) groups is 1. The highest BCUT2D eigenvalue weighted by molar-refractivity contribution is 6.35.